The van der Waals surface area contributed by atoms with Crippen LogP contribution >= 0.6 is 0 Å². The molecule has 12 atom stereocenters. The lowest BCUT2D eigenvalue weighted by molar-refractivity contribution is -0.244. The van der Waals surface area contributed by atoms with Crippen LogP contribution in [0.5, 0.6) is 0 Å². The van der Waals surface area contributed by atoms with Gasteiger partial charge in [-0.15, -0.1) is 0 Å². The number of esters is 2. The topological polar surface area (TPSA) is 163 Å². The van der Waals surface area contributed by atoms with Crippen LogP contribution in [0.2, 0.25) is 0 Å². The summed E-state index contributed by atoms with van der Waals surface area (Å²) in [5.41, 5.74) is -8.27. The smallest absolute Gasteiger partial charge is 0.331 e. The maximum absolute atomic E-state index is 13.5. The minimum absolute atomic E-state index is 0.158. The third kappa shape index (κ3) is 4.49. The molecule has 0 bridgehead atoms. The molecule has 3 saturated carbocycles. The van der Waals surface area contributed by atoms with Gasteiger partial charge in [-0.1, -0.05) is 78.7 Å². The van der Waals surface area contributed by atoms with Gasteiger partial charge in [0.2, 0.25) is 0 Å². The number of carbonyl (C=O) groups is 3. The molecule has 4 aliphatic carbocycles. The number of ketones is 1. The number of hydrogen-bond donors (Lipinski definition) is 4. The van der Waals surface area contributed by atoms with E-state index in [0.717, 1.165) is 25.7 Å². The number of unbranched alkanes of at least 4 members (excludes halogenated alkanes) is 3. The molecule has 10 heteroatoms. The van der Waals surface area contributed by atoms with Crippen LogP contribution in [-0.2, 0) is 28.6 Å². The SMILES string of the molecule is CCCCCC=CC=CC(=O)OC1C(C)C2(O)C(C3OC3(CO)C(O)C3(O)C(=O)C(C)=CC32)C2C(C)(C)C12OC(=O)C(C)CC. The van der Waals surface area contributed by atoms with Crippen LogP contribution in [0.4, 0.5) is 0 Å². The molecule has 0 aromatic carbocycles. The number of epoxide rings is 1. The number of rotatable bonds is 11. The summed E-state index contributed by atoms with van der Waals surface area (Å²) >= 11 is 0. The minimum atomic E-state index is -2.50. The van der Waals surface area contributed by atoms with Crippen LogP contribution in [0.3, 0.4) is 0 Å². The van der Waals surface area contributed by atoms with E-state index in [-0.39, 0.29) is 5.57 Å². The molecule has 1 heterocycles. The first kappa shape index (κ1) is 34.0. The van der Waals surface area contributed by atoms with Crippen molar-refractivity contribution in [1.29, 1.82) is 0 Å². The monoisotopic (exact) mass is 630 g/mol. The summed E-state index contributed by atoms with van der Waals surface area (Å²) in [7, 11) is 0. The number of Topliss-reactive ketones (excluding diaryl/α,β-unsaturated/α-hetero) is 1. The van der Waals surface area contributed by atoms with Gasteiger partial charge in [0.25, 0.3) is 0 Å². The van der Waals surface area contributed by atoms with Gasteiger partial charge in [0.1, 0.15) is 17.8 Å². The Hall–Kier alpha value is -2.37. The molecular formula is C35H50O10. The zero-order chi connectivity index (χ0) is 33.3. The maximum Gasteiger partial charge on any atom is 0.331 e. The highest BCUT2D eigenvalue weighted by Gasteiger charge is 2.93. The Morgan fingerprint density at radius 1 is 1.16 bits per heavy atom. The first-order valence-electron chi connectivity index (χ1n) is 16.5. The summed E-state index contributed by atoms with van der Waals surface area (Å²) in [5, 5.41) is 47.1. The van der Waals surface area contributed by atoms with E-state index in [0.29, 0.717) is 6.42 Å². The predicted molar refractivity (Wildman–Crippen MR) is 163 cm³/mol. The molecule has 45 heavy (non-hydrogen) atoms. The Morgan fingerprint density at radius 3 is 2.47 bits per heavy atom. The fourth-order valence-electron chi connectivity index (χ4n) is 9.09. The van der Waals surface area contributed by atoms with E-state index in [2.05, 4.69) is 6.92 Å². The highest BCUT2D eigenvalue weighted by Crippen LogP contribution is 2.80. The van der Waals surface area contributed by atoms with Gasteiger partial charge < -0.3 is 34.6 Å². The van der Waals surface area contributed by atoms with E-state index in [4.69, 9.17) is 14.2 Å². The largest absolute Gasteiger partial charge is 0.455 e. The maximum atomic E-state index is 13.5. The standard InChI is InChI=1S/C35H50O10/c1-8-10-11-12-13-14-15-16-23(37)43-27-21(5)33(41)22-17-20(4)26(38)34(22,42)30(40)32(18-36)28(44-32)24(33)25-31(6,7)35(25,27)45-29(39)19(3)9-2/h13-17,19,21-22,24-25,27-28,30,36,40-42H,8-12,18H2,1-7H3. The average Bonchev–Trinajstić information content (AvgIpc) is 3.83. The fraction of sp³-hybridized carbons (Fsp3) is 0.743. The van der Waals surface area contributed by atoms with Crippen molar-refractivity contribution in [3.8, 4) is 0 Å². The van der Waals surface area contributed by atoms with Gasteiger partial charge in [0.15, 0.2) is 17.0 Å². The molecule has 1 aliphatic heterocycles. The zero-order valence-corrected chi connectivity index (χ0v) is 27.5. The molecule has 5 rings (SSSR count). The Labute approximate surface area is 265 Å². The first-order valence-corrected chi connectivity index (χ1v) is 16.5. The minimum Gasteiger partial charge on any atom is -0.455 e. The summed E-state index contributed by atoms with van der Waals surface area (Å²) in [6.07, 6.45) is 8.77. The van der Waals surface area contributed by atoms with Crippen molar-refractivity contribution in [2.24, 2.45) is 35.0 Å². The van der Waals surface area contributed by atoms with E-state index >= 15 is 0 Å². The van der Waals surface area contributed by atoms with Crippen molar-refractivity contribution in [2.45, 2.75) is 121 Å². The molecule has 12 unspecified atom stereocenters. The number of aliphatic hydroxyl groups excluding tert-OH is 2. The van der Waals surface area contributed by atoms with Gasteiger partial charge in [-0.25, -0.2) is 4.79 Å². The second-order valence-electron chi connectivity index (χ2n) is 14.6. The van der Waals surface area contributed by atoms with Crippen LogP contribution in [0.25, 0.3) is 0 Å². The molecule has 0 aromatic rings. The number of aliphatic hydroxyl groups is 4. The van der Waals surface area contributed by atoms with E-state index in [9.17, 15) is 34.8 Å². The molecule has 4 fully saturated rings. The van der Waals surface area contributed by atoms with Gasteiger partial charge >= 0.3 is 11.9 Å². The fourth-order valence-corrected chi connectivity index (χ4v) is 9.09. The number of fused-ring (bicyclic) bond motifs is 7. The highest BCUT2D eigenvalue weighted by molar-refractivity contribution is 6.05. The van der Waals surface area contributed by atoms with Gasteiger partial charge in [-0.3, -0.25) is 9.59 Å². The molecule has 10 nitrogen and oxygen atoms in total. The van der Waals surface area contributed by atoms with Crippen LogP contribution in [-0.4, -0.2) is 85.5 Å². The summed E-state index contributed by atoms with van der Waals surface area (Å²) < 4.78 is 18.5. The molecule has 0 aromatic heterocycles. The van der Waals surface area contributed by atoms with Crippen LogP contribution in [0.1, 0.15) is 80.6 Å². The van der Waals surface area contributed by atoms with Gasteiger partial charge in [0, 0.05) is 35.2 Å². The van der Waals surface area contributed by atoms with E-state index in [1.54, 1.807) is 26.0 Å². The summed E-state index contributed by atoms with van der Waals surface area (Å²) in [4.78, 5) is 40.3. The van der Waals surface area contributed by atoms with E-state index in [1.807, 2.05) is 26.8 Å². The Balaban J connectivity index is 1.60. The van der Waals surface area contributed by atoms with Crippen molar-refractivity contribution in [3.63, 3.8) is 0 Å². The number of allylic oxidation sites excluding steroid dienone is 3. The molecule has 4 N–H and O–H groups in total. The van der Waals surface area contributed by atoms with Gasteiger partial charge in [-0.2, -0.15) is 0 Å². The van der Waals surface area contributed by atoms with Crippen molar-refractivity contribution >= 4 is 17.7 Å². The third-order valence-electron chi connectivity index (χ3n) is 12.0. The summed E-state index contributed by atoms with van der Waals surface area (Å²) in [6.45, 7) is 11.9. The summed E-state index contributed by atoms with van der Waals surface area (Å²) in [5.74, 6) is -6.27. The molecule has 1 saturated heterocycles. The Kier molecular flexibility index (Phi) is 8.61. The third-order valence-corrected chi connectivity index (χ3v) is 12.0. The molecule has 0 amide bonds. The lowest BCUT2D eigenvalue weighted by Crippen LogP contribution is -2.69. The second-order valence-corrected chi connectivity index (χ2v) is 14.6. The van der Waals surface area contributed by atoms with Crippen LogP contribution in [0, 0.1) is 35.0 Å². The number of ether oxygens (including phenoxy) is 3. The van der Waals surface area contributed by atoms with Crippen LogP contribution in [0.15, 0.2) is 36.0 Å². The quantitative estimate of drug-likeness (QED) is 0.0878. The number of hydrogen-bond acceptors (Lipinski definition) is 10. The average molecular weight is 631 g/mol. The van der Waals surface area contributed by atoms with E-state index in [1.165, 1.54) is 19.1 Å². The van der Waals surface area contributed by atoms with Gasteiger partial charge in [-0.05, 0) is 31.8 Å². The molecular weight excluding hydrogens is 580 g/mol. The Bertz CT molecular complexity index is 1320. The van der Waals surface area contributed by atoms with Crippen molar-refractivity contribution in [3.05, 3.63) is 36.0 Å². The van der Waals surface area contributed by atoms with Crippen molar-refractivity contribution < 1.29 is 49.0 Å². The first-order chi connectivity index (χ1) is 21.1. The predicted octanol–water partition coefficient (Wildman–Crippen LogP) is 2.95. The Morgan fingerprint density at radius 2 is 1.84 bits per heavy atom. The zero-order valence-electron chi connectivity index (χ0n) is 27.5. The van der Waals surface area contributed by atoms with Crippen molar-refractivity contribution in [1.82, 2.24) is 0 Å². The normalized spacial score (nSPS) is 44.7. The van der Waals surface area contributed by atoms with E-state index < -0.39 is 100 Å². The van der Waals surface area contributed by atoms with Crippen molar-refractivity contribution in [2.75, 3.05) is 6.61 Å². The lowest BCUT2D eigenvalue weighted by atomic mass is 9.58. The van der Waals surface area contributed by atoms with Gasteiger partial charge in [0.05, 0.1) is 24.2 Å². The molecule has 5 aliphatic rings. The molecule has 250 valence electrons. The summed E-state index contributed by atoms with van der Waals surface area (Å²) in [6, 6.07) is 0. The number of carbonyl (C=O) groups excluding carboxylic acids is 3. The lowest BCUT2D eigenvalue weighted by Gasteiger charge is -2.53. The second kappa shape index (κ2) is 11.4. The molecule has 0 radical (unpaired) electrons. The molecule has 0 spiro atoms. The highest BCUT2D eigenvalue weighted by atomic mass is 16.6. The van der Waals surface area contributed by atoms with Crippen LogP contribution < -0.4 is 0 Å².